The summed E-state index contributed by atoms with van der Waals surface area (Å²) in [7, 11) is 0. The molecule has 0 aliphatic rings. The summed E-state index contributed by atoms with van der Waals surface area (Å²) in [4.78, 5) is 23.2. The number of halogens is 1. The van der Waals surface area contributed by atoms with Gasteiger partial charge in [0.05, 0.1) is 0 Å². The highest BCUT2D eigenvalue weighted by molar-refractivity contribution is 9.10. The molecular weight excluding hydrogens is 334 g/mol. The van der Waals surface area contributed by atoms with Gasteiger partial charge in [-0.1, -0.05) is 41.4 Å². The molecule has 0 saturated heterocycles. The van der Waals surface area contributed by atoms with Gasteiger partial charge in [0.25, 0.3) is 0 Å². The highest BCUT2D eigenvalue weighted by Gasteiger charge is 2.33. The van der Waals surface area contributed by atoms with Crippen molar-refractivity contribution in [3.8, 4) is 0 Å². The summed E-state index contributed by atoms with van der Waals surface area (Å²) in [6.07, 6.45) is 4.08. The van der Waals surface area contributed by atoms with Crippen molar-refractivity contribution in [2.24, 2.45) is 0 Å². The van der Waals surface area contributed by atoms with Crippen LogP contribution in [0.4, 0.5) is 0 Å². The minimum absolute atomic E-state index is 0.385. The number of carboxylic acids is 1. The summed E-state index contributed by atoms with van der Waals surface area (Å²) in [6.45, 7) is 5.38. The van der Waals surface area contributed by atoms with Crippen molar-refractivity contribution in [2.45, 2.75) is 39.2 Å². The summed E-state index contributed by atoms with van der Waals surface area (Å²) in [5, 5.41) is 11.8. The first-order valence-corrected chi connectivity index (χ1v) is 7.57. The lowest BCUT2D eigenvalue weighted by Gasteiger charge is -2.24. The van der Waals surface area contributed by atoms with Gasteiger partial charge in [-0.3, -0.25) is 4.79 Å². The fourth-order valence-corrected chi connectivity index (χ4v) is 2.59. The minimum atomic E-state index is -1.24. The average Bonchev–Trinajstić information content (AvgIpc) is 2.37. The molecule has 1 amide bonds. The van der Waals surface area contributed by atoms with Gasteiger partial charge < -0.3 is 10.4 Å². The Kier molecular flexibility index (Phi) is 6.15. The van der Waals surface area contributed by atoms with Gasteiger partial charge >= 0.3 is 5.97 Å². The Labute approximate surface area is 133 Å². The summed E-state index contributed by atoms with van der Waals surface area (Å²) in [5.41, 5.74) is 0.744. The number of carbonyl (C=O) groups is 2. The first-order valence-electron chi connectivity index (χ1n) is 6.78. The predicted octanol–water partition coefficient (Wildman–Crippen LogP) is 3.53. The zero-order valence-electron chi connectivity index (χ0n) is 12.4. The molecule has 1 unspecified atom stereocenters. The number of aryl methyl sites for hydroxylation is 1. The second-order valence-corrected chi connectivity index (χ2v) is 6.09. The van der Waals surface area contributed by atoms with Crippen molar-refractivity contribution in [1.82, 2.24) is 5.32 Å². The number of carboxylic acid groups (broad SMARTS) is 1. The first kappa shape index (κ1) is 17.4. The second kappa shape index (κ2) is 7.41. The number of rotatable bonds is 6. The molecule has 5 heteroatoms. The molecule has 0 aliphatic heterocycles. The van der Waals surface area contributed by atoms with Crippen LogP contribution in [0, 0.1) is 6.92 Å². The van der Waals surface area contributed by atoms with E-state index < -0.39 is 17.4 Å². The Hall–Kier alpha value is -1.62. The van der Waals surface area contributed by atoms with E-state index in [0.29, 0.717) is 12.8 Å². The molecule has 0 spiro atoms. The van der Waals surface area contributed by atoms with Crippen LogP contribution in [-0.2, 0) is 9.59 Å². The van der Waals surface area contributed by atoms with E-state index in [9.17, 15) is 14.7 Å². The Balaban J connectivity index is 2.80. The van der Waals surface area contributed by atoms with Crippen molar-refractivity contribution < 1.29 is 14.7 Å². The summed E-state index contributed by atoms with van der Waals surface area (Å²) in [5.74, 6) is -1.44. The molecule has 0 saturated carbocycles. The summed E-state index contributed by atoms with van der Waals surface area (Å²) >= 11 is 3.43. The molecule has 0 fully saturated rings. The molecule has 21 heavy (non-hydrogen) atoms. The lowest BCUT2D eigenvalue weighted by Crippen LogP contribution is -2.51. The third kappa shape index (κ3) is 5.01. The van der Waals surface area contributed by atoms with Gasteiger partial charge in [0.2, 0.25) is 5.91 Å². The molecule has 0 radical (unpaired) electrons. The fraction of sp³-hybridized carbons (Fsp3) is 0.375. The van der Waals surface area contributed by atoms with Gasteiger partial charge in [0, 0.05) is 10.5 Å². The van der Waals surface area contributed by atoms with Crippen LogP contribution in [-0.4, -0.2) is 22.5 Å². The molecule has 114 valence electrons. The molecule has 1 aromatic carbocycles. The number of nitrogens with one attached hydrogen (secondary N) is 1. The van der Waals surface area contributed by atoms with Gasteiger partial charge in [-0.05, 0) is 43.5 Å². The van der Waals surface area contributed by atoms with E-state index in [2.05, 4.69) is 21.2 Å². The maximum Gasteiger partial charge on any atom is 0.329 e. The Morgan fingerprint density at radius 2 is 2.10 bits per heavy atom. The van der Waals surface area contributed by atoms with E-state index in [-0.39, 0.29) is 0 Å². The molecule has 0 heterocycles. The van der Waals surface area contributed by atoms with E-state index >= 15 is 0 Å². The quantitative estimate of drug-likeness (QED) is 0.768. The Bertz CT molecular complexity index is 569. The van der Waals surface area contributed by atoms with E-state index in [1.807, 2.05) is 32.0 Å². The molecular formula is C16H20BrNO3. The molecule has 0 aromatic heterocycles. The van der Waals surface area contributed by atoms with Crippen LogP contribution in [0.15, 0.2) is 28.7 Å². The zero-order valence-corrected chi connectivity index (χ0v) is 14.0. The van der Waals surface area contributed by atoms with Crippen LogP contribution in [0.3, 0.4) is 0 Å². The number of benzene rings is 1. The standard InChI is InChI=1S/C16H20BrNO3/c1-4-9-16(3,15(20)21)18-14(19)8-7-12-6-5-11(2)10-13(12)17/h5-8,10H,4,9H2,1-3H3,(H,18,19)(H,20,21)/b8-7+. The van der Waals surface area contributed by atoms with Crippen molar-refractivity contribution in [3.63, 3.8) is 0 Å². The van der Waals surface area contributed by atoms with Crippen molar-refractivity contribution >= 4 is 33.9 Å². The Morgan fingerprint density at radius 1 is 1.43 bits per heavy atom. The number of amides is 1. The topological polar surface area (TPSA) is 66.4 Å². The first-order chi connectivity index (χ1) is 9.78. The number of carbonyl (C=O) groups excluding carboxylic acids is 1. The maximum absolute atomic E-state index is 11.9. The van der Waals surface area contributed by atoms with Crippen LogP contribution in [0.1, 0.15) is 37.8 Å². The van der Waals surface area contributed by atoms with Gasteiger partial charge in [-0.15, -0.1) is 0 Å². The minimum Gasteiger partial charge on any atom is -0.480 e. The normalized spacial score (nSPS) is 13.9. The van der Waals surface area contributed by atoms with Gasteiger partial charge in [0.1, 0.15) is 5.54 Å². The molecule has 1 aromatic rings. The number of hydrogen-bond acceptors (Lipinski definition) is 2. The molecule has 0 bridgehead atoms. The number of hydrogen-bond donors (Lipinski definition) is 2. The smallest absolute Gasteiger partial charge is 0.329 e. The Morgan fingerprint density at radius 3 is 2.62 bits per heavy atom. The van der Waals surface area contributed by atoms with Crippen LogP contribution >= 0.6 is 15.9 Å². The maximum atomic E-state index is 11.9. The predicted molar refractivity (Wildman–Crippen MR) is 87.0 cm³/mol. The SMILES string of the molecule is CCCC(C)(NC(=O)/C=C/c1ccc(C)cc1Br)C(=O)O. The molecule has 1 rings (SSSR count). The monoisotopic (exact) mass is 353 g/mol. The third-order valence-electron chi connectivity index (χ3n) is 3.19. The van der Waals surface area contributed by atoms with Crippen molar-refractivity contribution in [1.29, 1.82) is 0 Å². The van der Waals surface area contributed by atoms with E-state index in [1.54, 1.807) is 6.08 Å². The molecule has 1 atom stereocenters. The van der Waals surface area contributed by atoms with E-state index in [0.717, 1.165) is 15.6 Å². The molecule has 2 N–H and O–H groups in total. The van der Waals surface area contributed by atoms with Crippen molar-refractivity contribution in [3.05, 3.63) is 39.9 Å². The molecule has 0 aliphatic carbocycles. The van der Waals surface area contributed by atoms with Gasteiger partial charge in [-0.25, -0.2) is 4.79 Å². The lowest BCUT2D eigenvalue weighted by molar-refractivity contribution is -0.146. The van der Waals surface area contributed by atoms with E-state index in [1.165, 1.54) is 13.0 Å². The van der Waals surface area contributed by atoms with Crippen LogP contribution < -0.4 is 5.32 Å². The third-order valence-corrected chi connectivity index (χ3v) is 3.88. The average molecular weight is 354 g/mol. The van der Waals surface area contributed by atoms with E-state index in [4.69, 9.17) is 0 Å². The zero-order chi connectivity index (χ0) is 16.0. The van der Waals surface area contributed by atoms with Crippen LogP contribution in [0.5, 0.6) is 0 Å². The second-order valence-electron chi connectivity index (χ2n) is 5.23. The van der Waals surface area contributed by atoms with Crippen LogP contribution in [0.25, 0.3) is 6.08 Å². The lowest BCUT2D eigenvalue weighted by atomic mass is 9.96. The van der Waals surface area contributed by atoms with Crippen molar-refractivity contribution in [2.75, 3.05) is 0 Å². The summed E-state index contributed by atoms with van der Waals surface area (Å²) < 4.78 is 0.890. The fourth-order valence-electron chi connectivity index (χ4n) is 1.97. The van der Waals surface area contributed by atoms with Crippen LogP contribution in [0.2, 0.25) is 0 Å². The van der Waals surface area contributed by atoms with Gasteiger partial charge in [0.15, 0.2) is 0 Å². The largest absolute Gasteiger partial charge is 0.480 e. The summed E-state index contributed by atoms with van der Waals surface area (Å²) in [6, 6.07) is 5.79. The molecule has 4 nitrogen and oxygen atoms in total. The highest BCUT2D eigenvalue weighted by atomic mass is 79.9. The number of aliphatic carboxylic acids is 1. The van der Waals surface area contributed by atoms with Gasteiger partial charge in [-0.2, -0.15) is 0 Å². The highest BCUT2D eigenvalue weighted by Crippen LogP contribution is 2.19.